The monoisotopic (exact) mass is 207 g/mol. The van der Waals surface area contributed by atoms with Gasteiger partial charge in [-0.15, -0.1) is 0 Å². The fraction of sp³-hybridized carbons (Fsp3) is 0.538. The van der Waals surface area contributed by atoms with Crippen LogP contribution in [0.1, 0.15) is 38.3 Å². The molecular formula is C13H21NO. The third-order valence-electron chi connectivity index (χ3n) is 2.88. The van der Waals surface area contributed by atoms with Gasteiger partial charge in [0.2, 0.25) is 0 Å². The smallest absolute Gasteiger partial charge is 0.120 e. The third kappa shape index (κ3) is 3.56. The van der Waals surface area contributed by atoms with Crippen molar-refractivity contribution in [3.63, 3.8) is 0 Å². The average Bonchev–Trinajstić information content (AvgIpc) is 2.20. The van der Waals surface area contributed by atoms with E-state index in [0.29, 0.717) is 12.3 Å². The number of phenolic OH excluding ortho intramolecular Hbond substituents is 1. The van der Waals surface area contributed by atoms with E-state index in [1.807, 2.05) is 19.1 Å². The average molecular weight is 207 g/mol. The fourth-order valence-corrected chi connectivity index (χ4v) is 1.32. The summed E-state index contributed by atoms with van der Waals surface area (Å²) in [5, 5.41) is 13.1. The minimum absolute atomic E-state index is 0.121. The minimum Gasteiger partial charge on any atom is -0.508 e. The maximum atomic E-state index is 9.66. The summed E-state index contributed by atoms with van der Waals surface area (Å²) in [6.45, 7) is 9.24. The predicted molar refractivity (Wildman–Crippen MR) is 64.1 cm³/mol. The van der Waals surface area contributed by atoms with E-state index >= 15 is 0 Å². The molecule has 84 valence electrons. The molecule has 15 heavy (non-hydrogen) atoms. The highest BCUT2D eigenvalue weighted by Crippen LogP contribution is 2.19. The Balaban J connectivity index is 2.69. The number of benzene rings is 1. The zero-order valence-corrected chi connectivity index (χ0v) is 10.1. The number of phenols is 1. The molecule has 1 aromatic carbocycles. The van der Waals surface area contributed by atoms with Crippen molar-refractivity contribution in [2.75, 3.05) is 0 Å². The second-order valence-electron chi connectivity index (χ2n) is 4.72. The molecule has 0 saturated carbocycles. The minimum atomic E-state index is 0.121. The molecule has 0 bridgehead atoms. The van der Waals surface area contributed by atoms with Crippen LogP contribution in [0.2, 0.25) is 0 Å². The molecule has 2 nitrogen and oxygen atoms in total. The van der Waals surface area contributed by atoms with Crippen molar-refractivity contribution in [3.8, 4) is 5.75 Å². The lowest BCUT2D eigenvalue weighted by Gasteiger charge is -2.24. The largest absolute Gasteiger partial charge is 0.508 e. The molecule has 0 aromatic heterocycles. The molecule has 0 atom stereocenters. The van der Waals surface area contributed by atoms with Crippen LogP contribution < -0.4 is 5.32 Å². The van der Waals surface area contributed by atoms with E-state index in [2.05, 4.69) is 26.1 Å². The van der Waals surface area contributed by atoms with Crippen LogP contribution in [0.5, 0.6) is 5.75 Å². The van der Waals surface area contributed by atoms with Crippen molar-refractivity contribution >= 4 is 0 Å². The van der Waals surface area contributed by atoms with E-state index in [-0.39, 0.29) is 5.54 Å². The van der Waals surface area contributed by atoms with E-state index in [0.717, 1.165) is 12.0 Å². The molecule has 0 aliphatic carbocycles. The van der Waals surface area contributed by atoms with Crippen LogP contribution in [0.15, 0.2) is 18.2 Å². The first-order chi connectivity index (χ1) is 6.94. The molecule has 0 fully saturated rings. The highest BCUT2D eigenvalue weighted by molar-refractivity contribution is 5.35. The Morgan fingerprint density at radius 2 is 2.00 bits per heavy atom. The van der Waals surface area contributed by atoms with Crippen molar-refractivity contribution in [2.24, 2.45) is 0 Å². The molecule has 0 saturated heterocycles. The lowest BCUT2D eigenvalue weighted by atomic mass is 10.0. The van der Waals surface area contributed by atoms with Crippen LogP contribution in [0.3, 0.4) is 0 Å². The summed E-state index contributed by atoms with van der Waals surface area (Å²) in [4.78, 5) is 0. The topological polar surface area (TPSA) is 32.3 Å². The van der Waals surface area contributed by atoms with E-state index in [4.69, 9.17) is 0 Å². The molecular weight excluding hydrogens is 186 g/mol. The zero-order valence-electron chi connectivity index (χ0n) is 10.1. The first kappa shape index (κ1) is 12.1. The van der Waals surface area contributed by atoms with Gasteiger partial charge in [0.05, 0.1) is 0 Å². The third-order valence-corrected chi connectivity index (χ3v) is 2.88. The van der Waals surface area contributed by atoms with Gasteiger partial charge in [-0.3, -0.25) is 0 Å². The van der Waals surface area contributed by atoms with Gasteiger partial charge in [-0.25, -0.2) is 0 Å². The number of hydrogen-bond acceptors (Lipinski definition) is 2. The molecule has 2 N–H and O–H groups in total. The molecule has 2 heteroatoms. The normalized spacial score (nSPS) is 11.7. The molecule has 0 radical (unpaired) electrons. The van der Waals surface area contributed by atoms with E-state index < -0.39 is 0 Å². The van der Waals surface area contributed by atoms with Gasteiger partial charge in [0.15, 0.2) is 0 Å². The van der Waals surface area contributed by atoms with Crippen molar-refractivity contribution in [2.45, 2.75) is 46.2 Å². The number of rotatable bonds is 4. The summed E-state index contributed by atoms with van der Waals surface area (Å²) >= 11 is 0. The second-order valence-corrected chi connectivity index (χ2v) is 4.72. The highest BCUT2D eigenvalue weighted by atomic mass is 16.3. The van der Waals surface area contributed by atoms with Gasteiger partial charge in [-0.05, 0) is 33.3 Å². The summed E-state index contributed by atoms with van der Waals surface area (Å²) < 4.78 is 0. The number of aryl methyl sites for hydroxylation is 1. The summed E-state index contributed by atoms with van der Waals surface area (Å²) in [5.74, 6) is 0.375. The van der Waals surface area contributed by atoms with Crippen molar-refractivity contribution in [3.05, 3.63) is 29.3 Å². The van der Waals surface area contributed by atoms with Gasteiger partial charge in [0.25, 0.3) is 0 Å². The molecule has 0 unspecified atom stereocenters. The predicted octanol–water partition coefficient (Wildman–Crippen LogP) is 2.98. The van der Waals surface area contributed by atoms with Gasteiger partial charge < -0.3 is 10.4 Å². The van der Waals surface area contributed by atoms with Gasteiger partial charge >= 0.3 is 0 Å². The summed E-state index contributed by atoms with van der Waals surface area (Å²) in [6, 6.07) is 5.70. The van der Waals surface area contributed by atoms with Gasteiger partial charge in [-0.2, -0.15) is 0 Å². The Labute approximate surface area is 92.3 Å². The van der Waals surface area contributed by atoms with E-state index in [1.54, 1.807) is 6.07 Å². The molecule has 0 spiro atoms. The summed E-state index contributed by atoms with van der Waals surface area (Å²) in [7, 11) is 0. The maximum Gasteiger partial charge on any atom is 0.120 e. The Kier molecular flexibility index (Phi) is 3.75. The summed E-state index contributed by atoms with van der Waals surface area (Å²) in [5.41, 5.74) is 2.27. The van der Waals surface area contributed by atoms with E-state index in [9.17, 15) is 5.11 Å². The van der Waals surface area contributed by atoms with Gasteiger partial charge in [0, 0.05) is 17.6 Å². The lowest BCUT2D eigenvalue weighted by molar-refractivity contribution is 0.369. The van der Waals surface area contributed by atoms with Crippen LogP contribution >= 0.6 is 0 Å². The van der Waals surface area contributed by atoms with Crippen LogP contribution in [0, 0.1) is 6.92 Å². The van der Waals surface area contributed by atoms with Crippen LogP contribution in [-0.4, -0.2) is 10.6 Å². The first-order valence-electron chi connectivity index (χ1n) is 5.48. The molecule has 0 amide bonds. The first-order valence-corrected chi connectivity index (χ1v) is 5.48. The van der Waals surface area contributed by atoms with Gasteiger partial charge in [0.1, 0.15) is 5.75 Å². The molecule has 0 aliphatic heterocycles. The standard InChI is InChI=1S/C13H21NO/c1-5-13(3,4)14-9-11-8-10(2)6-7-12(11)15/h6-8,14-15H,5,9H2,1-4H3. The zero-order chi connectivity index (χ0) is 11.5. The number of nitrogens with one attached hydrogen (secondary N) is 1. The maximum absolute atomic E-state index is 9.66. The Morgan fingerprint density at radius 1 is 1.33 bits per heavy atom. The van der Waals surface area contributed by atoms with Crippen molar-refractivity contribution in [1.29, 1.82) is 0 Å². The number of aromatic hydroxyl groups is 1. The second kappa shape index (κ2) is 4.67. The lowest BCUT2D eigenvalue weighted by Crippen LogP contribution is -2.37. The highest BCUT2D eigenvalue weighted by Gasteiger charge is 2.14. The fourth-order valence-electron chi connectivity index (χ4n) is 1.32. The Bertz CT molecular complexity index is 331. The quantitative estimate of drug-likeness (QED) is 0.795. The molecule has 1 rings (SSSR count). The molecule has 0 aliphatic rings. The Morgan fingerprint density at radius 3 is 2.60 bits per heavy atom. The van der Waals surface area contributed by atoms with Crippen LogP contribution in [-0.2, 0) is 6.54 Å². The van der Waals surface area contributed by atoms with Crippen LogP contribution in [0.4, 0.5) is 0 Å². The summed E-state index contributed by atoms with van der Waals surface area (Å²) in [6.07, 6.45) is 1.07. The molecule has 0 heterocycles. The molecule has 1 aromatic rings. The van der Waals surface area contributed by atoms with Crippen molar-refractivity contribution in [1.82, 2.24) is 5.32 Å². The number of hydrogen-bond donors (Lipinski definition) is 2. The van der Waals surface area contributed by atoms with E-state index in [1.165, 1.54) is 5.56 Å². The van der Waals surface area contributed by atoms with Crippen LogP contribution in [0.25, 0.3) is 0 Å². The SMILES string of the molecule is CCC(C)(C)NCc1cc(C)ccc1O. The van der Waals surface area contributed by atoms with Crippen molar-refractivity contribution < 1.29 is 5.11 Å². The van der Waals surface area contributed by atoms with Gasteiger partial charge in [-0.1, -0.05) is 24.6 Å². The Hall–Kier alpha value is -1.02.